The van der Waals surface area contributed by atoms with Crippen LogP contribution in [0.25, 0.3) is 11.0 Å². The van der Waals surface area contributed by atoms with Crippen molar-refractivity contribution < 1.29 is 13.2 Å². The van der Waals surface area contributed by atoms with Crippen molar-refractivity contribution in [1.82, 2.24) is 19.2 Å². The Morgan fingerprint density at radius 2 is 1.83 bits per heavy atom. The van der Waals surface area contributed by atoms with Crippen molar-refractivity contribution in [3.05, 3.63) is 58.9 Å². The fourth-order valence-corrected chi connectivity index (χ4v) is 6.68. The average Bonchev–Trinajstić information content (AvgIpc) is 3.24. The summed E-state index contributed by atoms with van der Waals surface area (Å²) in [6.45, 7) is 7.46. The number of aromatic nitrogens is 2. The van der Waals surface area contributed by atoms with Gasteiger partial charge in [-0.05, 0) is 73.9 Å². The highest BCUT2D eigenvalue weighted by Gasteiger charge is 2.27. The predicted octanol–water partition coefficient (Wildman–Crippen LogP) is 4.20. The van der Waals surface area contributed by atoms with Gasteiger partial charge < -0.3 is 14.6 Å². The molecule has 0 saturated carbocycles. The number of rotatable bonds is 8. The summed E-state index contributed by atoms with van der Waals surface area (Å²) in [4.78, 5) is 5.18. The molecule has 7 nitrogen and oxygen atoms in total. The molecule has 1 atom stereocenters. The first-order valence-corrected chi connectivity index (χ1v) is 14.3. The Balaban J connectivity index is 1.37. The van der Waals surface area contributed by atoms with E-state index in [1.807, 2.05) is 6.07 Å². The third-order valence-electron chi connectivity index (χ3n) is 7.29. The maximum absolute atomic E-state index is 13.1. The molecule has 188 valence electrons. The molecule has 0 bridgehead atoms. The fourth-order valence-electron chi connectivity index (χ4n) is 5.25. The van der Waals surface area contributed by atoms with Crippen LogP contribution in [0.3, 0.4) is 0 Å². The zero-order chi connectivity index (χ0) is 24.4. The molecule has 1 unspecified atom stereocenters. The summed E-state index contributed by atoms with van der Waals surface area (Å²) in [6, 6.07) is 12.5. The van der Waals surface area contributed by atoms with E-state index in [0.29, 0.717) is 37.7 Å². The number of hydrogen-bond acceptors (Lipinski definition) is 5. The molecule has 2 aliphatic rings. The summed E-state index contributed by atoms with van der Waals surface area (Å²) in [6.07, 6.45) is 5.93. The van der Waals surface area contributed by atoms with Crippen molar-refractivity contribution in [3.8, 4) is 0 Å². The maximum atomic E-state index is 13.1. The SMILES string of the molecule is CCCn1c(CNC(C)c2ccc3c(c2)CCCC3)nc2cc(S(=O)(=O)N3CCOCC3)ccc21. The Kier molecular flexibility index (Phi) is 7.25. The van der Waals surface area contributed by atoms with Gasteiger partial charge in [0, 0.05) is 25.7 Å². The molecular weight excluding hydrogens is 460 g/mol. The number of sulfonamides is 1. The lowest BCUT2D eigenvalue weighted by Gasteiger charge is -2.26. The normalized spacial score (nSPS) is 18.0. The number of ether oxygens (including phenoxy) is 1. The molecule has 8 heteroatoms. The molecule has 5 rings (SSSR count). The fraction of sp³-hybridized carbons (Fsp3) is 0.519. The highest BCUT2D eigenvalue weighted by molar-refractivity contribution is 7.89. The average molecular weight is 497 g/mol. The highest BCUT2D eigenvalue weighted by atomic mass is 32.2. The van der Waals surface area contributed by atoms with Crippen LogP contribution in [-0.4, -0.2) is 48.6 Å². The molecule has 0 spiro atoms. The van der Waals surface area contributed by atoms with E-state index in [0.717, 1.165) is 29.8 Å². The number of fused-ring (bicyclic) bond motifs is 2. The van der Waals surface area contributed by atoms with Crippen LogP contribution in [0.2, 0.25) is 0 Å². The van der Waals surface area contributed by atoms with Crippen molar-refractivity contribution in [3.63, 3.8) is 0 Å². The summed E-state index contributed by atoms with van der Waals surface area (Å²) in [7, 11) is -3.55. The Morgan fingerprint density at radius 1 is 1.06 bits per heavy atom. The van der Waals surface area contributed by atoms with Crippen LogP contribution in [0.4, 0.5) is 0 Å². The Bertz CT molecular complexity index is 1300. The molecule has 35 heavy (non-hydrogen) atoms. The lowest BCUT2D eigenvalue weighted by Crippen LogP contribution is -2.40. The molecular formula is C27H36N4O3S. The Hall–Kier alpha value is -2.26. The summed E-state index contributed by atoms with van der Waals surface area (Å²) >= 11 is 0. The van der Waals surface area contributed by atoms with Gasteiger partial charge in [0.15, 0.2) is 0 Å². The van der Waals surface area contributed by atoms with Crippen molar-refractivity contribution in [2.45, 2.75) is 70.0 Å². The molecule has 1 aliphatic carbocycles. The van der Waals surface area contributed by atoms with Gasteiger partial charge in [-0.25, -0.2) is 13.4 Å². The van der Waals surface area contributed by atoms with Crippen molar-refractivity contribution in [2.24, 2.45) is 0 Å². The maximum Gasteiger partial charge on any atom is 0.243 e. The van der Waals surface area contributed by atoms with E-state index in [4.69, 9.17) is 9.72 Å². The zero-order valence-electron chi connectivity index (χ0n) is 20.8. The van der Waals surface area contributed by atoms with Gasteiger partial charge in [-0.15, -0.1) is 0 Å². The monoisotopic (exact) mass is 496 g/mol. The van der Waals surface area contributed by atoms with Gasteiger partial charge in [-0.2, -0.15) is 4.31 Å². The van der Waals surface area contributed by atoms with Gasteiger partial charge in [-0.1, -0.05) is 25.1 Å². The number of nitrogens with one attached hydrogen (secondary N) is 1. The third kappa shape index (κ3) is 5.03. The van der Waals surface area contributed by atoms with E-state index in [-0.39, 0.29) is 6.04 Å². The second-order valence-corrected chi connectivity index (χ2v) is 11.6. The number of morpholine rings is 1. The minimum atomic E-state index is -3.55. The van der Waals surface area contributed by atoms with Gasteiger partial charge in [0.1, 0.15) is 5.82 Å². The molecule has 2 heterocycles. The molecule has 1 N–H and O–H groups in total. The Morgan fingerprint density at radius 3 is 2.60 bits per heavy atom. The minimum absolute atomic E-state index is 0.203. The lowest BCUT2D eigenvalue weighted by molar-refractivity contribution is 0.0730. The van der Waals surface area contributed by atoms with Crippen LogP contribution < -0.4 is 5.32 Å². The molecule has 0 radical (unpaired) electrons. The van der Waals surface area contributed by atoms with E-state index in [1.54, 1.807) is 12.1 Å². The van der Waals surface area contributed by atoms with Crippen molar-refractivity contribution in [2.75, 3.05) is 26.3 Å². The largest absolute Gasteiger partial charge is 0.379 e. The first-order chi connectivity index (χ1) is 17.0. The first kappa shape index (κ1) is 24.4. The summed E-state index contributed by atoms with van der Waals surface area (Å²) < 4.78 is 35.3. The van der Waals surface area contributed by atoms with Crippen LogP contribution >= 0.6 is 0 Å². The molecule has 0 amide bonds. The van der Waals surface area contributed by atoms with Crippen LogP contribution in [0, 0.1) is 0 Å². The molecule has 1 fully saturated rings. The topological polar surface area (TPSA) is 76.5 Å². The number of aryl methyl sites for hydroxylation is 3. The van der Waals surface area contributed by atoms with Crippen molar-refractivity contribution in [1.29, 1.82) is 0 Å². The summed E-state index contributed by atoms with van der Waals surface area (Å²) in [5, 5.41) is 3.65. The van der Waals surface area contributed by atoms with Gasteiger partial charge in [0.05, 0.1) is 35.7 Å². The predicted molar refractivity (Wildman–Crippen MR) is 138 cm³/mol. The van der Waals surface area contributed by atoms with Gasteiger partial charge in [-0.3, -0.25) is 0 Å². The zero-order valence-corrected chi connectivity index (χ0v) is 21.6. The van der Waals surface area contributed by atoms with E-state index < -0.39 is 10.0 Å². The standard InChI is InChI=1S/C27H36N4O3S/c1-3-12-31-26-11-10-24(35(32,33)30-13-15-34-16-14-30)18-25(26)29-27(31)19-28-20(2)22-9-8-21-6-4-5-7-23(21)17-22/h8-11,17-18,20,28H,3-7,12-16,19H2,1-2H3. The van der Waals surface area contributed by atoms with Crippen LogP contribution in [0.15, 0.2) is 41.3 Å². The molecule has 2 aromatic carbocycles. The third-order valence-corrected chi connectivity index (χ3v) is 9.19. The molecule has 3 aromatic rings. The van der Waals surface area contributed by atoms with Crippen LogP contribution in [0.5, 0.6) is 0 Å². The summed E-state index contributed by atoms with van der Waals surface area (Å²) in [5.74, 6) is 0.938. The van der Waals surface area contributed by atoms with E-state index in [2.05, 4.69) is 41.9 Å². The Labute approximate surface area is 208 Å². The summed E-state index contributed by atoms with van der Waals surface area (Å²) in [5.41, 5.74) is 6.01. The first-order valence-electron chi connectivity index (χ1n) is 12.9. The van der Waals surface area contributed by atoms with Gasteiger partial charge in [0.25, 0.3) is 0 Å². The molecule has 1 aliphatic heterocycles. The molecule has 1 aromatic heterocycles. The van der Waals surface area contributed by atoms with Gasteiger partial charge >= 0.3 is 0 Å². The van der Waals surface area contributed by atoms with Crippen LogP contribution in [0.1, 0.15) is 61.7 Å². The van der Waals surface area contributed by atoms with E-state index in [1.165, 1.54) is 46.7 Å². The molecule has 1 saturated heterocycles. The lowest BCUT2D eigenvalue weighted by atomic mass is 9.89. The second kappa shape index (κ2) is 10.4. The van der Waals surface area contributed by atoms with Crippen LogP contribution in [-0.2, 0) is 40.7 Å². The number of imidazole rings is 1. The van der Waals surface area contributed by atoms with Crippen molar-refractivity contribution >= 4 is 21.1 Å². The number of nitrogens with zero attached hydrogens (tertiary/aromatic N) is 3. The van der Waals surface area contributed by atoms with E-state index in [9.17, 15) is 8.42 Å². The van der Waals surface area contributed by atoms with Gasteiger partial charge in [0.2, 0.25) is 10.0 Å². The van der Waals surface area contributed by atoms with E-state index >= 15 is 0 Å². The highest BCUT2D eigenvalue weighted by Crippen LogP contribution is 2.26. The second-order valence-electron chi connectivity index (χ2n) is 9.68. The number of benzene rings is 2. The minimum Gasteiger partial charge on any atom is -0.379 e. The number of hydrogen-bond donors (Lipinski definition) is 1. The smallest absolute Gasteiger partial charge is 0.243 e. The quantitative estimate of drug-likeness (QED) is 0.506.